The van der Waals surface area contributed by atoms with E-state index in [9.17, 15) is 19.2 Å². The summed E-state index contributed by atoms with van der Waals surface area (Å²) in [4.78, 5) is 29.3. The molecular formula is C29H33FN4O3. The molecule has 2 aromatic carbocycles. The fourth-order valence-electron chi connectivity index (χ4n) is 5.54. The van der Waals surface area contributed by atoms with Gasteiger partial charge in [0, 0.05) is 32.0 Å². The van der Waals surface area contributed by atoms with E-state index in [1.807, 2.05) is 48.2 Å². The Morgan fingerprint density at radius 1 is 1.16 bits per heavy atom. The minimum atomic E-state index is -0.773. The molecule has 2 aliphatic rings. The van der Waals surface area contributed by atoms with Gasteiger partial charge in [0.1, 0.15) is 23.3 Å². The van der Waals surface area contributed by atoms with Crippen LogP contribution >= 0.6 is 0 Å². The number of carbonyl (C=O) groups excluding carboxylic acids is 2. The zero-order chi connectivity index (χ0) is 26.6. The van der Waals surface area contributed by atoms with Gasteiger partial charge in [-0.2, -0.15) is 5.26 Å². The summed E-state index contributed by atoms with van der Waals surface area (Å²) in [6.07, 6.45) is 5.60. The molecule has 4 rings (SSSR count). The van der Waals surface area contributed by atoms with Crippen molar-refractivity contribution in [3.63, 3.8) is 0 Å². The predicted molar refractivity (Wildman–Crippen MR) is 138 cm³/mol. The van der Waals surface area contributed by atoms with Crippen LogP contribution in [0.5, 0.6) is 5.75 Å². The molecule has 0 aromatic heterocycles. The maximum absolute atomic E-state index is 14.8. The van der Waals surface area contributed by atoms with Gasteiger partial charge in [-0.1, -0.05) is 18.2 Å². The number of piperidine rings is 1. The van der Waals surface area contributed by atoms with Crippen LogP contribution in [0.15, 0.2) is 54.2 Å². The number of methoxy groups -OCH3 is 1. The molecule has 2 aliphatic heterocycles. The molecule has 2 heterocycles. The Bertz CT molecular complexity index is 1230. The average molecular weight is 505 g/mol. The Morgan fingerprint density at radius 3 is 2.46 bits per heavy atom. The molecule has 8 heteroatoms. The first-order valence-electron chi connectivity index (χ1n) is 12.7. The van der Waals surface area contributed by atoms with Crippen LogP contribution in [0.25, 0.3) is 0 Å². The number of carbonyl (C=O) groups is 2. The third-order valence-corrected chi connectivity index (χ3v) is 7.60. The van der Waals surface area contributed by atoms with Crippen molar-refractivity contribution in [1.82, 2.24) is 9.80 Å². The average Bonchev–Trinajstić information content (AvgIpc) is 3.21. The number of ether oxygens (including phenoxy) is 1. The molecule has 2 N–H and O–H groups in total. The smallest absolute Gasteiger partial charge is 0.269 e. The number of nitrogens with two attached hydrogens (primary N) is 1. The second-order valence-corrected chi connectivity index (χ2v) is 9.83. The highest BCUT2D eigenvalue weighted by Gasteiger charge is 2.49. The largest absolute Gasteiger partial charge is 0.497 e. The first-order valence-corrected chi connectivity index (χ1v) is 12.7. The van der Waals surface area contributed by atoms with Crippen molar-refractivity contribution in [3.05, 3.63) is 76.7 Å². The molecule has 2 atom stereocenters. The number of rotatable bonds is 8. The Morgan fingerprint density at radius 2 is 1.86 bits per heavy atom. The lowest BCUT2D eigenvalue weighted by Gasteiger charge is -2.44. The number of likely N-dealkylation sites (tertiary alicyclic amines) is 1. The molecule has 1 fully saturated rings. The van der Waals surface area contributed by atoms with Gasteiger partial charge in [0.15, 0.2) is 0 Å². The normalized spacial score (nSPS) is 21.4. The number of nitrogens with zero attached hydrogens (tertiary/aromatic N) is 3. The number of nitriles is 1. The molecule has 0 bridgehead atoms. The number of hydrogen-bond donors (Lipinski definition) is 1. The molecule has 0 radical (unpaired) electrons. The van der Waals surface area contributed by atoms with E-state index in [1.54, 1.807) is 13.2 Å². The summed E-state index contributed by atoms with van der Waals surface area (Å²) < 4.78 is 20.1. The van der Waals surface area contributed by atoms with Gasteiger partial charge in [-0.25, -0.2) is 4.39 Å². The number of amides is 2. The van der Waals surface area contributed by atoms with Crippen molar-refractivity contribution in [2.45, 2.75) is 50.5 Å². The van der Waals surface area contributed by atoms with Gasteiger partial charge in [0.05, 0.1) is 18.2 Å². The first kappa shape index (κ1) is 26.2. The number of hydrogen-bond acceptors (Lipinski definition) is 5. The predicted octanol–water partition coefficient (Wildman–Crippen LogP) is 4.18. The third kappa shape index (κ3) is 5.17. The molecule has 0 aliphatic carbocycles. The second kappa shape index (κ2) is 11.0. The van der Waals surface area contributed by atoms with Crippen molar-refractivity contribution in [2.75, 3.05) is 26.7 Å². The van der Waals surface area contributed by atoms with E-state index >= 15 is 0 Å². The SMILES string of the molecule is COc1ccc(C2(C)C(c3ccc(C#N)c(F)c3)C=C(C(=O)N3CCCCC3)N2CCCC(N)=O)cc1. The minimum absolute atomic E-state index is 0.0280. The Hall–Kier alpha value is -3.86. The number of halogens is 1. The molecule has 2 amide bonds. The quantitative estimate of drug-likeness (QED) is 0.581. The van der Waals surface area contributed by atoms with Crippen LogP contribution in [-0.4, -0.2) is 48.4 Å². The molecule has 1 saturated heterocycles. The van der Waals surface area contributed by atoms with E-state index in [0.29, 0.717) is 43.1 Å². The van der Waals surface area contributed by atoms with E-state index in [1.165, 1.54) is 12.1 Å². The van der Waals surface area contributed by atoms with Crippen LogP contribution in [0.2, 0.25) is 0 Å². The fraction of sp³-hybridized carbons (Fsp3) is 0.414. The highest BCUT2D eigenvalue weighted by molar-refractivity contribution is 5.94. The van der Waals surface area contributed by atoms with Crippen LogP contribution in [-0.2, 0) is 15.1 Å². The summed E-state index contributed by atoms with van der Waals surface area (Å²) in [5.41, 5.74) is 6.75. The van der Waals surface area contributed by atoms with Crippen LogP contribution in [0.1, 0.15) is 61.6 Å². The lowest BCUT2D eigenvalue weighted by molar-refractivity contribution is -0.130. The van der Waals surface area contributed by atoms with E-state index in [2.05, 4.69) is 4.90 Å². The molecule has 7 nitrogen and oxygen atoms in total. The van der Waals surface area contributed by atoms with Crippen LogP contribution < -0.4 is 10.5 Å². The van der Waals surface area contributed by atoms with Gasteiger partial charge in [0.2, 0.25) is 5.91 Å². The third-order valence-electron chi connectivity index (χ3n) is 7.60. The Balaban J connectivity index is 1.84. The highest BCUT2D eigenvalue weighted by Crippen LogP contribution is 2.50. The van der Waals surface area contributed by atoms with Crippen molar-refractivity contribution in [2.24, 2.45) is 5.73 Å². The number of primary amides is 1. The summed E-state index contributed by atoms with van der Waals surface area (Å²) in [6.45, 7) is 3.85. The fourth-order valence-corrected chi connectivity index (χ4v) is 5.54. The highest BCUT2D eigenvalue weighted by atomic mass is 19.1. The summed E-state index contributed by atoms with van der Waals surface area (Å²) in [6, 6.07) is 14.1. The van der Waals surface area contributed by atoms with Crippen molar-refractivity contribution in [1.29, 1.82) is 5.26 Å². The van der Waals surface area contributed by atoms with Crippen molar-refractivity contribution in [3.8, 4) is 11.8 Å². The summed E-state index contributed by atoms with van der Waals surface area (Å²) >= 11 is 0. The van der Waals surface area contributed by atoms with Gasteiger partial charge < -0.3 is 20.3 Å². The maximum Gasteiger partial charge on any atom is 0.269 e. The van der Waals surface area contributed by atoms with Crippen LogP contribution in [0.3, 0.4) is 0 Å². The molecular weight excluding hydrogens is 471 g/mol. The zero-order valence-electron chi connectivity index (χ0n) is 21.4. The van der Waals surface area contributed by atoms with E-state index in [-0.39, 0.29) is 23.8 Å². The molecule has 0 spiro atoms. The van der Waals surface area contributed by atoms with Gasteiger partial charge in [0.25, 0.3) is 5.91 Å². The summed E-state index contributed by atoms with van der Waals surface area (Å²) in [7, 11) is 1.60. The molecule has 2 unspecified atom stereocenters. The molecule has 194 valence electrons. The molecule has 37 heavy (non-hydrogen) atoms. The first-order chi connectivity index (χ1) is 17.8. The van der Waals surface area contributed by atoms with Crippen LogP contribution in [0, 0.1) is 17.1 Å². The van der Waals surface area contributed by atoms with Crippen molar-refractivity contribution >= 4 is 11.8 Å². The molecule has 2 aromatic rings. The lowest BCUT2D eigenvalue weighted by atomic mass is 9.76. The van der Waals surface area contributed by atoms with E-state index < -0.39 is 17.3 Å². The second-order valence-electron chi connectivity index (χ2n) is 9.83. The zero-order valence-corrected chi connectivity index (χ0v) is 21.4. The topological polar surface area (TPSA) is 99.7 Å². The van der Waals surface area contributed by atoms with E-state index in [0.717, 1.165) is 24.8 Å². The Kier molecular flexibility index (Phi) is 7.82. The van der Waals surface area contributed by atoms with Crippen molar-refractivity contribution < 1.29 is 18.7 Å². The standard InChI is InChI=1S/C29H33FN4O3/c1-29(22-10-12-23(37-2)13-11-22)24(20-8-9-21(19-31)25(30)17-20)18-26(34(29)16-6-7-27(32)35)28(36)33-14-4-3-5-15-33/h8-13,17-18,24H,3-7,14-16H2,1-2H3,(H2,32,35). The number of benzene rings is 2. The Labute approximate surface area is 217 Å². The van der Waals surface area contributed by atoms with E-state index in [4.69, 9.17) is 10.5 Å². The van der Waals surface area contributed by atoms with Gasteiger partial charge >= 0.3 is 0 Å². The summed E-state index contributed by atoms with van der Waals surface area (Å²) in [5.74, 6) is -0.745. The van der Waals surface area contributed by atoms with Gasteiger partial charge in [-0.3, -0.25) is 9.59 Å². The monoisotopic (exact) mass is 504 g/mol. The minimum Gasteiger partial charge on any atom is -0.497 e. The summed E-state index contributed by atoms with van der Waals surface area (Å²) in [5, 5.41) is 9.24. The molecule has 0 saturated carbocycles. The van der Waals surface area contributed by atoms with Crippen LogP contribution in [0.4, 0.5) is 4.39 Å². The van der Waals surface area contributed by atoms with Gasteiger partial charge in [-0.15, -0.1) is 0 Å². The maximum atomic E-state index is 14.8. The van der Waals surface area contributed by atoms with Gasteiger partial charge in [-0.05, 0) is 74.1 Å². The lowest BCUT2D eigenvalue weighted by Crippen LogP contribution is -2.47.